The fourth-order valence-corrected chi connectivity index (χ4v) is 4.11. The van der Waals surface area contributed by atoms with Crippen LogP contribution in [-0.2, 0) is 10.0 Å². The number of hydrogen-bond acceptors (Lipinski definition) is 5. The van der Waals surface area contributed by atoms with E-state index in [0.717, 1.165) is 11.3 Å². The van der Waals surface area contributed by atoms with Gasteiger partial charge in [-0.1, -0.05) is 0 Å². The molecule has 2 aromatic rings. The van der Waals surface area contributed by atoms with Gasteiger partial charge in [0.05, 0.1) is 22.2 Å². The number of aromatic carboxylic acids is 1. The first kappa shape index (κ1) is 15.8. The summed E-state index contributed by atoms with van der Waals surface area (Å²) in [6, 6.07) is 5.67. The highest BCUT2D eigenvalue weighted by Gasteiger charge is 2.20. The third-order valence-electron chi connectivity index (χ3n) is 2.54. The molecule has 0 atom stereocenters. The maximum absolute atomic E-state index is 12.3. The number of ether oxygens (including phenoxy) is 1. The van der Waals surface area contributed by atoms with E-state index in [0.29, 0.717) is 10.2 Å². The summed E-state index contributed by atoms with van der Waals surface area (Å²) in [5.41, 5.74) is 0.0411. The lowest BCUT2D eigenvalue weighted by molar-refractivity contribution is 0.0703. The zero-order valence-electron chi connectivity index (χ0n) is 10.7. The van der Waals surface area contributed by atoms with Crippen molar-refractivity contribution in [1.82, 2.24) is 0 Å². The van der Waals surface area contributed by atoms with Crippen LogP contribution in [0.1, 0.15) is 9.67 Å². The van der Waals surface area contributed by atoms with Gasteiger partial charge in [0, 0.05) is 0 Å². The number of anilines is 1. The standard InChI is InChI=1S/C12H10BrNO5S2/c1-19-10-3-2-7(6-8(10)13)21(17,18)14-9-4-5-20-11(9)12(15)16/h2-6,14H,1H3,(H,15,16). The monoisotopic (exact) mass is 391 g/mol. The second-order valence-corrected chi connectivity index (χ2v) is 7.32. The Kier molecular flexibility index (Phi) is 4.55. The average Bonchev–Trinajstić information content (AvgIpc) is 2.86. The summed E-state index contributed by atoms with van der Waals surface area (Å²) in [7, 11) is -2.41. The fraction of sp³-hybridized carbons (Fsp3) is 0.0833. The molecule has 0 unspecified atom stereocenters. The van der Waals surface area contributed by atoms with Crippen LogP contribution in [0.5, 0.6) is 5.75 Å². The summed E-state index contributed by atoms with van der Waals surface area (Å²) < 4.78 is 32.3. The van der Waals surface area contributed by atoms with Gasteiger partial charge in [-0.05, 0) is 45.6 Å². The Balaban J connectivity index is 2.36. The molecule has 0 amide bonds. The van der Waals surface area contributed by atoms with Crippen molar-refractivity contribution in [2.75, 3.05) is 11.8 Å². The molecule has 112 valence electrons. The normalized spacial score (nSPS) is 11.1. The Labute approximate surface area is 133 Å². The van der Waals surface area contributed by atoms with Crippen LogP contribution in [0, 0.1) is 0 Å². The first-order valence-electron chi connectivity index (χ1n) is 5.52. The van der Waals surface area contributed by atoms with Crippen molar-refractivity contribution >= 4 is 48.9 Å². The van der Waals surface area contributed by atoms with E-state index in [1.807, 2.05) is 0 Å². The average molecular weight is 392 g/mol. The van der Waals surface area contributed by atoms with Crippen molar-refractivity contribution in [1.29, 1.82) is 0 Å². The molecule has 0 bridgehead atoms. The van der Waals surface area contributed by atoms with Gasteiger partial charge in [-0.15, -0.1) is 11.3 Å². The molecule has 1 heterocycles. The van der Waals surface area contributed by atoms with Crippen LogP contribution in [0.2, 0.25) is 0 Å². The van der Waals surface area contributed by atoms with E-state index in [9.17, 15) is 13.2 Å². The van der Waals surface area contributed by atoms with Crippen LogP contribution in [-0.4, -0.2) is 26.6 Å². The molecule has 0 radical (unpaired) electrons. The van der Waals surface area contributed by atoms with Crippen molar-refractivity contribution in [2.45, 2.75) is 4.90 Å². The molecule has 0 saturated carbocycles. The molecule has 0 saturated heterocycles. The SMILES string of the molecule is COc1ccc(S(=O)(=O)Nc2ccsc2C(=O)O)cc1Br. The molecule has 0 aliphatic carbocycles. The van der Waals surface area contributed by atoms with Gasteiger partial charge < -0.3 is 9.84 Å². The second kappa shape index (κ2) is 6.04. The lowest BCUT2D eigenvalue weighted by atomic mass is 10.3. The van der Waals surface area contributed by atoms with Gasteiger partial charge in [-0.25, -0.2) is 13.2 Å². The van der Waals surface area contributed by atoms with E-state index < -0.39 is 16.0 Å². The Hall–Kier alpha value is -1.58. The minimum Gasteiger partial charge on any atom is -0.496 e. The predicted octanol–water partition coefficient (Wildman–Crippen LogP) is 3.02. The molecule has 2 N–H and O–H groups in total. The summed E-state index contributed by atoms with van der Waals surface area (Å²) in [5, 5.41) is 10.5. The number of benzene rings is 1. The molecular formula is C12H10BrNO5S2. The summed E-state index contributed by atoms with van der Waals surface area (Å²) in [5.74, 6) is -0.686. The van der Waals surface area contributed by atoms with Crippen molar-refractivity contribution in [3.8, 4) is 5.75 Å². The number of carbonyl (C=O) groups is 1. The zero-order chi connectivity index (χ0) is 15.6. The Morgan fingerprint density at radius 1 is 1.38 bits per heavy atom. The molecule has 21 heavy (non-hydrogen) atoms. The Bertz CT molecular complexity index is 785. The van der Waals surface area contributed by atoms with Crippen LogP contribution < -0.4 is 9.46 Å². The molecule has 0 aliphatic heterocycles. The third kappa shape index (κ3) is 3.36. The van der Waals surface area contributed by atoms with Crippen LogP contribution in [0.3, 0.4) is 0 Å². The number of methoxy groups -OCH3 is 1. The number of nitrogens with one attached hydrogen (secondary N) is 1. The smallest absolute Gasteiger partial charge is 0.348 e. The summed E-state index contributed by atoms with van der Waals surface area (Å²) in [6.07, 6.45) is 0. The minimum atomic E-state index is -3.88. The molecule has 1 aromatic heterocycles. The first-order chi connectivity index (χ1) is 9.85. The highest BCUT2D eigenvalue weighted by atomic mass is 79.9. The maximum Gasteiger partial charge on any atom is 0.348 e. The molecular weight excluding hydrogens is 382 g/mol. The number of carboxylic acids is 1. The number of sulfonamides is 1. The fourth-order valence-electron chi connectivity index (χ4n) is 1.57. The number of thiophene rings is 1. The molecule has 6 nitrogen and oxygen atoms in total. The number of rotatable bonds is 5. The number of halogens is 1. The third-order valence-corrected chi connectivity index (χ3v) is 5.42. The molecule has 0 fully saturated rings. The van der Waals surface area contributed by atoms with Gasteiger partial charge in [0.15, 0.2) is 0 Å². The Morgan fingerprint density at radius 2 is 2.10 bits per heavy atom. The minimum absolute atomic E-state index is 0.00212. The summed E-state index contributed by atoms with van der Waals surface area (Å²) in [6.45, 7) is 0. The van der Waals surface area contributed by atoms with E-state index in [1.165, 1.54) is 36.8 Å². The van der Waals surface area contributed by atoms with Gasteiger partial charge >= 0.3 is 5.97 Å². The van der Waals surface area contributed by atoms with Crippen LogP contribution in [0.15, 0.2) is 39.0 Å². The topological polar surface area (TPSA) is 92.7 Å². The largest absolute Gasteiger partial charge is 0.496 e. The molecule has 9 heteroatoms. The first-order valence-corrected chi connectivity index (χ1v) is 8.68. The van der Waals surface area contributed by atoms with Crippen LogP contribution in [0.4, 0.5) is 5.69 Å². The molecule has 0 aliphatic rings. The van der Waals surface area contributed by atoms with E-state index in [1.54, 1.807) is 0 Å². The van der Waals surface area contributed by atoms with Crippen LogP contribution >= 0.6 is 27.3 Å². The summed E-state index contributed by atoms with van der Waals surface area (Å²) in [4.78, 5) is 10.9. The van der Waals surface area contributed by atoms with Crippen molar-refractivity contribution < 1.29 is 23.1 Å². The molecule has 1 aromatic carbocycles. The lowest BCUT2D eigenvalue weighted by Gasteiger charge is -2.09. The number of carboxylic acid groups (broad SMARTS) is 1. The highest BCUT2D eigenvalue weighted by Crippen LogP contribution is 2.29. The van der Waals surface area contributed by atoms with Crippen molar-refractivity contribution in [3.05, 3.63) is 39.0 Å². The predicted molar refractivity (Wildman–Crippen MR) is 82.8 cm³/mol. The van der Waals surface area contributed by atoms with E-state index in [4.69, 9.17) is 9.84 Å². The quantitative estimate of drug-likeness (QED) is 0.816. The van der Waals surface area contributed by atoms with E-state index in [-0.39, 0.29) is 15.5 Å². The maximum atomic E-state index is 12.3. The molecule has 0 spiro atoms. The van der Waals surface area contributed by atoms with Crippen molar-refractivity contribution in [3.63, 3.8) is 0 Å². The van der Waals surface area contributed by atoms with Crippen LogP contribution in [0.25, 0.3) is 0 Å². The number of hydrogen-bond donors (Lipinski definition) is 2. The van der Waals surface area contributed by atoms with Gasteiger partial charge in [0.2, 0.25) is 0 Å². The zero-order valence-corrected chi connectivity index (χ0v) is 13.9. The second-order valence-electron chi connectivity index (χ2n) is 3.87. The summed E-state index contributed by atoms with van der Waals surface area (Å²) >= 11 is 4.15. The van der Waals surface area contributed by atoms with Gasteiger partial charge in [-0.3, -0.25) is 4.72 Å². The molecule has 2 rings (SSSR count). The van der Waals surface area contributed by atoms with Gasteiger partial charge in [0.25, 0.3) is 10.0 Å². The lowest BCUT2D eigenvalue weighted by Crippen LogP contribution is -2.14. The van der Waals surface area contributed by atoms with Crippen molar-refractivity contribution in [2.24, 2.45) is 0 Å². The Morgan fingerprint density at radius 3 is 2.67 bits per heavy atom. The van der Waals surface area contributed by atoms with E-state index >= 15 is 0 Å². The van der Waals surface area contributed by atoms with Gasteiger partial charge in [0.1, 0.15) is 10.6 Å². The van der Waals surface area contributed by atoms with Gasteiger partial charge in [-0.2, -0.15) is 0 Å². The van der Waals surface area contributed by atoms with E-state index in [2.05, 4.69) is 20.7 Å². The highest BCUT2D eigenvalue weighted by molar-refractivity contribution is 9.10.